The first-order chi connectivity index (χ1) is 6.72. The Balaban J connectivity index is 2.89. The van der Waals surface area contributed by atoms with E-state index < -0.39 is 0 Å². The summed E-state index contributed by atoms with van der Waals surface area (Å²) in [5.74, 6) is 0. The molecule has 68 valence electrons. The predicted octanol–water partition coefficient (Wildman–Crippen LogP) is 1.41. The van der Waals surface area contributed by atoms with Gasteiger partial charge in [-0.05, 0) is 29.7 Å². The van der Waals surface area contributed by atoms with E-state index in [9.17, 15) is 4.79 Å². The molecule has 0 aliphatic rings. The third kappa shape index (κ3) is 1.17. The molecule has 0 N–H and O–H groups in total. The molecule has 0 unspecified atom stereocenters. The van der Waals surface area contributed by atoms with Crippen molar-refractivity contribution in [3.8, 4) is 6.07 Å². The molecule has 0 atom stereocenters. The van der Waals surface area contributed by atoms with E-state index in [4.69, 9.17) is 5.26 Å². The second-order valence-electron chi connectivity index (χ2n) is 3.12. The summed E-state index contributed by atoms with van der Waals surface area (Å²) >= 11 is 0. The minimum atomic E-state index is -0.0396. The van der Waals surface area contributed by atoms with E-state index in [0.29, 0.717) is 5.56 Å². The number of aromatic nitrogens is 1. The van der Waals surface area contributed by atoms with Gasteiger partial charge in [0.05, 0.1) is 17.1 Å². The zero-order chi connectivity index (χ0) is 10.1. The highest BCUT2D eigenvalue weighted by Gasteiger charge is 1.99. The average Bonchev–Trinajstić information content (AvgIpc) is 2.23. The van der Waals surface area contributed by atoms with Crippen LogP contribution in [0.3, 0.4) is 0 Å². The van der Waals surface area contributed by atoms with Crippen molar-refractivity contribution in [1.29, 1.82) is 5.26 Å². The molecule has 0 amide bonds. The van der Waals surface area contributed by atoms with Crippen LogP contribution in [-0.2, 0) is 7.05 Å². The summed E-state index contributed by atoms with van der Waals surface area (Å²) in [5.41, 5.74) is 1.41. The van der Waals surface area contributed by atoms with Crippen molar-refractivity contribution in [2.45, 2.75) is 0 Å². The number of fused-ring (bicyclic) bond motifs is 1. The van der Waals surface area contributed by atoms with E-state index in [0.717, 1.165) is 10.9 Å². The molecule has 0 spiro atoms. The summed E-state index contributed by atoms with van der Waals surface area (Å²) in [7, 11) is 1.72. The van der Waals surface area contributed by atoms with Gasteiger partial charge in [0.25, 0.3) is 5.56 Å². The molecule has 0 saturated carbocycles. The second kappa shape index (κ2) is 3.00. The molecule has 0 aliphatic heterocycles. The van der Waals surface area contributed by atoms with Crippen molar-refractivity contribution in [1.82, 2.24) is 4.57 Å². The number of rotatable bonds is 0. The van der Waals surface area contributed by atoms with Crippen molar-refractivity contribution in [2.24, 2.45) is 7.05 Å². The number of pyridine rings is 1. The number of hydrogen-bond donors (Lipinski definition) is 0. The molecule has 1 aromatic heterocycles. The van der Waals surface area contributed by atoms with E-state index in [1.54, 1.807) is 35.9 Å². The number of nitriles is 1. The van der Waals surface area contributed by atoms with Crippen LogP contribution in [0.5, 0.6) is 0 Å². The van der Waals surface area contributed by atoms with E-state index in [2.05, 4.69) is 6.07 Å². The molecule has 3 heteroatoms. The van der Waals surface area contributed by atoms with Gasteiger partial charge in [-0.25, -0.2) is 0 Å². The lowest BCUT2D eigenvalue weighted by Crippen LogP contribution is -2.14. The molecule has 0 fully saturated rings. The minimum Gasteiger partial charge on any atom is -0.311 e. The molecular weight excluding hydrogens is 176 g/mol. The van der Waals surface area contributed by atoms with Gasteiger partial charge in [0.1, 0.15) is 0 Å². The van der Waals surface area contributed by atoms with Gasteiger partial charge in [0, 0.05) is 13.1 Å². The fourth-order valence-corrected chi connectivity index (χ4v) is 1.45. The van der Waals surface area contributed by atoms with Gasteiger partial charge < -0.3 is 4.57 Å². The summed E-state index contributed by atoms with van der Waals surface area (Å²) in [6, 6.07) is 10.6. The Labute approximate surface area is 80.8 Å². The van der Waals surface area contributed by atoms with Gasteiger partial charge in [-0.1, -0.05) is 0 Å². The van der Waals surface area contributed by atoms with Crippen molar-refractivity contribution < 1.29 is 0 Å². The Bertz CT molecular complexity index is 590. The highest BCUT2D eigenvalue weighted by Crippen LogP contribution is 2.12. The van der Waals surface area contributed by atoms with E-state index in [-0.39, 0.29) is 5.56 Å². The molecule has 0 saturated heterocycles. The number of nitrogens with zero attached hydrogens (tertiary/aromatic N) is 2. The normalized spacial score (nSPS) is 10.0. The fourth-order valence-electron chi connectivity index (χ4n) is 1.45. The molecule has 0 bridgehead atoms. The molecule has 1 aromatic carbocycles. The molecule has 1 heterocycles. The van der Waals surface area contributed by atoms with Crippen LogP contribution in [0.15, 0.2) is 35.1 Å². The summed E-state index contributed by atoms with van der Waals surface area (Å²) in [5, 5.41) is 9.61. The van der Waals surface area contributed by atoms with Gasteiger partial charge in [-0.2, -0.15) is 5.26 Å². The number of benzene rings is 1. The maximum Gasteiger partial charge on any atom is 0.250 e. The third-order valence-electron chi connectivity index (χ3n) is 2.25. The Hall–Kier alpha value is -2.08. The fraction of sp³-hybridized carbons (Fsp3) is 0.0909. The van der Waals surface area contributed by atoms with Gasteiger partial charge in [0.15, 0.2) is 0 Å². The van der Waals surface area contributed by atoms with Crippen molar-refractivity contribution >= 4 is 10.9 Å². The van der Waals surface area contributed by atoms with Crippen LogP contribution < -0.4 is 5.56 Å². The monoisotopic (exact) mass is 184 g/mol. The van der Waals surface area contributed by atoms with Crippen LogP contribution in [-0.4, -0.2) is 4.57 Å². The first-order valence-electron chi connectivity index (χ1n) is 4.22. The molecule has 2 rings (SSSR count). The van der Waals surface area contributed by atoms with Crippen LogP contribution in [0.4, 0.5) is 0 Å². The molecule has 2 aromatic rings. The Kier molecular flexibility index (Phi) is 1.83. The van der Waals surface area contributed by atoms with Gasteiger partial charge in [-0.15, -0.1) is 0 Å². The van der Waals surface area contributed by atoms with Crippen LogP contribution in [0, 0.1) is 11.3 Å². The minimum absolute atomic E-state index is 0.0396. The number of hydrogen-bond acceptors (Lipinski definition) is 2. The lowest BCUT2D eigenvalue weighted by Gasteiger charge is -2.03. The lowest BCUT2D eigenvalue weighted by molar-refractivity contribution is 0.906. The van der Waals surface area contributed by atoms with Crippen LogP contribution in [0.1, 0.15) is 5.56 Å². The quantitative estimate of drug-likeness (QED) is 0.621. The highest BCUT2D eigenvalue weighted by molar-refractivity contribution is 5.80. The Morgan fingerprint density at radius 2 is 2.07 bits per heavy atom. The smallest absolute Gasteiger partial charge is 0.250 e. The summed E-state index contributed by atoms with van der Waals surface area (Å²) in [6.45, 7) is 0. The zero-order valence-electron chi connectivity index (χ0n) is 7.69. The summed E-state index contributed by atoms with van der Waals surface area (Å²) in [6.07, 6.45) is 0. The first kappa shape index (κ1) is 8.52. The average molecular weight is 184 g/mol. The third-order valence-corrected chi connectivity index (χ3v) is 2.25. The topological polar surface area (TPSA) is 45.8 Å². The summed E-state index contributed by atoms with van der Waals surface area (Å²) in [4.78, 5) is 11.3. The van der Waals surface area contributed by atoms with E-state index >= 15 is 0 Å². The molecule has 14 heavy (non-hydrogen) atoms. The van der Waals surface area contributed by atoms with Crippen molar-refractivity contribution in [2.75, 3.05) is 0 Å². The highest BCUT2D eigenvalue weighted by atomic mass is 16.1. The first-order valence-corrected chi connectivity index (χ1v) is 4.22. The predicted molar refractivity (Wildman–Crippen MR) is 53.9 cm³/mol. The molecular formula is C11H8N2O. The van der Waals surface area contributed by atoms with E-state index in [1.165, 1.54) is 6.07 Å². The van der Waals surface area contributed by atoms with Crippen molar-refractivity contribution in [3.63, 3.8) is 0 Å². The second-order valence-corrected chi connectivity index (χ2v) is 3.12. The van der Waals surface area contributed by atoms with Crippen LogP contribution in [0.25, 0.3) is 10.9 Å². The van der Waals surface area contributed by atoms with Crippen LogP contribution >= 0.6 is 0 Å². The Morgan fingerprint density at radius 3 is 2.79 bits per heavy atom. The summed E-state index contributed by atoms with van der Waals surface area (Å²) < 4.78 is 1.57. The zero-order valence-corrected chi connectivity index (χ0v) is 7.69. The van der Waals surface area contributed by atoms with Gasteiger partial charge in [0.2, 0.25) is 0 Å². The lowest BCUT2D eigenvalue weighted by atomic mass is 10.1. The van der Waals surface area contributed by atoms with E-state index in [1.807, 2.05) is 0 Å². The largest absolute Gasteiger partial charge is 0.311 e. The SMILES string of the molecule is Cn1c(=O)ccc2cc(C#N)ccc21. The maximum atomic E-state index is 11.3. The Morgan fingerprint density at radius 1 is 1.29 bits per heavy atom. The molecule has 0 radical (unpaired) electrons. The van der Waals surface area contributed by atoms with Crippen LogP contribution in [0.2, 0.25) is 0 Å². The number of aryl methyl sites for hydroxylation is 1. The molecule has 0 aliphatic carbocycles. The van der Waals surface area contributed by atoms with Gasteiger partial charge >= 0.3 is 0 Å². The maximum absolute atomic E-state index is 11.3. The van der Waals surface area contributed by atoms with Gasteiger partial charge in [-0.3, -0.25) is 4.79 Å². The molecule has 3 nitrogen and oxygen atoms in total. The van der Waals surface area contributed by atoms with Crippen molar-refractivity contribution in [3.05, 3.63) is 46.2 Å². The standard InChI is InChI=1S/C11H8N2O/c1-13-10-4-2-8(7-12)6-9(10)3-5-11(13)14/h2-6H,1H3.